The van der Waals surface area contributed by atoms with E-state index < -0.39 is 0 Å². The number of nitrogens with one attached hydrogen (secondary N) is 2. The molecule has 0 unspecified atom stereocenters. The van der Waals surface area contributed by atoms with Crippen LogP contribution in [0.1, 0.15) is 23.3 Å². The van der Waals surface area contributed by atoms with Gasteiger partial charge in [-0.15, -0.1) is 11.3 Å². The van der Waals surface area contributed by atoms with Crippen LogP contribution in [0.25, 0.3) is 0 Å². The van der Waals surface area contributed by atoms with E-state index in [9.17, 15) is 9.59 Å². The number of urea groups is 1. The van der Waals surface area contributed by atoms with Gasteiger partial charge in [0.25, 0.3) is 0 Å². The van der Waals surface area contributed by atoms with Crippen LogP contribution in [0.4, 0.5) is 10.5 Å². The molecule has 6 heteroatoms. The summed E-state index contributed by atoms with van der Waals surface area (Å²) in [4.78, 5) is 26.6. The molecule has 3 amide bonds. The highest BCUT2D eigenvalue weighted by molar-refractivity contribution is 7.09. The Morgan fingerprint density at radius 2 is 2.00 bits per heavy atom. The number of carbonyl (C=O) groups excluding carboxylic acids is 2. The third kappa shape index (κ3) is 4.35. The largest absolute Gasteiger partial charge is 0.338 e. The number of thiophene rings is 1. The van der Waals surface area contributed by atoms with Gasteiger partial charge in [-0.3, -0.25) is 4.79 Å². The standard InChI is InChI=1S/C18H21N3O2S/c22-17-4-1-11-21(17)15-7-5-14(6-8-15)13-20-18(23)19-10-9-16-3-2-12-24-16/h2-3,5-8,12H,1,4,9-11,13H2,(H2,19,20,23). The summed E-state index contributed by atoms with van der Waals surface area (Å²) < 4.78 is 0. The molecule has 0 spiro atoms. The highest BCUT2D eigenvalue weighted by atomic mass is 32.1. The minimum Gasteiger partial charge on any atom is -0.338 e. The summed E-state index contributed by atoms with van der Waals surface area (Å²) in [5, 5.41) is 7.74. The Morgan fingerprint density at radius 3 is 2.67 bits per heavy atom. The number of hydrogen-bond donors (Lipinski definition) is 2. The summed E-state index contributed by atoms with van der Waals surface area (Å²) in [6, 6.07) is 11.7. The molecule has 1 aromatic carbocycles. The lowest BCUT2D eigenvalue weighted by molar-refractivity contribution is -0.117. The van der Waals surface area contributed by atoms with Gasteiger partial charge in [0.2, 0.25) is 5.91 Å². The second-order valence-electron chi connectivity index (χ2n) is 5.75. The van der Waals surface area contributed by atoms with Crippen LogP contribution >= 0.6 is 11.3 Å². The first-order valence-corrected chi connectivity index (χ1v) is 9.04. The molecule has 3 rings (SSSR count). The van der Waals surface area contributed by atoms with Gasteiger partial charge in [-0.05, 0) is 42.0 Å². The molecule has 0 bridgehead atoms. The first kappa shape index (κ1) is 16.5. The number of nitrogens with zero attached hydrogens (tertiary/aromatic N) is 1. The predicted molar refractivity (Wildman–Crippen MR) is 96.3 cm³/mol. The summed E-state index contributed by atoms with van der Waals surface area (Å²) in [5.74, 6) is 0.186. The Labute approximate surface area is 145 Å². The fourth-order valence-corrected chi connectivity index (χ4v) is 3.42. The van der Waals surface area contributed by atoms with Crippen LogP contribution in [0, 0.1) is 0 Å². The minimum atomic E-state index is -0.162. The summed E-state index contributed by atoms with van der Waals surface area (Å²) in [6.45, 7) is 1.89. The van der Waals surface area contributed by atoms with Crippen LogP contribution in [0.15, 0.2) is 41.8 Å². The van der Waals surface area contributed by atoms with Crippen molar-refractivity contribution in [1.82, 2.24) is 10.6 Å². The van der Waals surface area contributed by atoms with Crippen LogP contribution < -0.4 is 15.5 Å². The zero-order chi connectivity index (χ0) is 16.8. The van der Waals surface area contributed by atoms with Crippen LogP contribution in [0.2, 0.25) is 0 Å². The highest BCUT2D eigenvalue weighted by Gasteiger charge is 2.21. The van der Waals surface area contributed by atoms with E-state index in [4.69, 9.17) is 0 Å². The predicted octanol–water partition coefficient (Wildman–Crippen LogP) is 2.92. The van der Waals surface area contributed by atoms with Gasteiger partial charge in [0.05, 0.1) is 0 Å². The number of amides is 3. The molecule has 1 aromatic heterocycles. The zero-order valence-electron chi connectivity index (χ0n) is 13.5. The first-order valence-electron chi connectivity index (χ1n) is 8.16. The monoisotopic (exact) mass is 343 g/mol. The summed E-state index contributed by atoms with van der Waals surface area (Å²) >= 11 is 1.70. The van der Waals surface area contributed by atoms with Crippen molar-refractivity contribution in [2.75, 3.05) is 18.0 Å². The van der Waals surface area contributed by atoms with E-state index in [1.807, 2.05) is 40.6 Å². The molecule has 0 saturated carbocycles. The second kappa shape index (κ2) is 7.97. The van der Waals surface area contributed by atoms with Crippen LogP contribution in [0.5, 0.6) is 0 Å². The van der Waals surface area contributed by atoms with Gasteiger partial charge in [0, 0.05) is 36.6 Å². The van der Waals surface area contributed by atoms with Crippen molar-refractivity contribution in [3.05, 3.63) is 52.2 Å². The molecule has 1 aliphatic heterocycles. The molecular formula is C18H21N3O2S. The molecular weight excluding hydrogens is 322 g/mol. The van der Waals surface area contributed by atoms with E-state index in [1.54, 1.807) is 11.3 Å². The average molecular weight is 343 g/mol. The van der Waals surface area contributed by atoms with Crippen LogP contribution in [-0.2, 0) is 17.8 Å². The Morgan fingerprint density at radius 1 is 1.17 bits per heavy atom. The van der Waals surface area contributed by atoms with Crippen LogP contribution in [0.3, 0.4) is 0 Å². The van der Waals surface area contributed by atoms with Crippen molar-refractivity contribution in [3.8, 4) is 0 Å². The van der Waals surface area contributed by atoms with Crippen molar-refractivity contribution in [1.29, 1.82) is 0 Å². The molecule has 0 atom stereocenters. The lowest BCUT2D eigenvalue weighted by Crippen LogP contribution is -2.36. The maximum absolute atomic E-state index is 11.8. The fraction of sp³-hybridized carbons (Fsp3) is 0.333. The summed E-state index contributed by atoms with van der Waals surface area (Å²) in [7, 11) is 0. The van der Waals surface area contributed by atoms with Gasteiger partial charge in [-0.25, -0.2) is 4.79 Å². The van der Waals surface area contributed by atoms with Gasteiger partial charge in [-0.2, -0.15) is 0 Å². The van der Waals surface area contributed by atoms with E-state index in [0.717, 1.165) is 30.6 Å². The molecule has 1 aliphatic rings. The third-order valence-corrected chi connectivity index (χ3v) is 4.95. The summed E-state index contributed by atoms with van der Waals surface area (Å²) in [5.41, 5.74) is 1.94. The number of carbonyl (C=O) groups is 2. The normalized spacial score (nSPS) is 14.0. The molecule has 2 N–H and O–H groups in total. The van der Waals surface area contributed by atoms with Gasteiger partial charge >= 0.3 is 6.03 Å². The lowest BCUT2D eigenvalue weighted by Gasteiger charge is -2.16. The SMILES string of the molecule is O=C(NCCc1cccs1)NCc1ccc(N2CCCC2=O)cc1. The highest BCUT2D eigenvalue weighted by Crippen LogP contribution is 2.21. The smallest absolute Gasteiger partial charge is 0.315 e. The van der Waals surface area contributed by atoms with Crippen molar-refractivity contribution in [2.45, 2.75) is 25.8 Å². The Hall–Kier alpha value is -2.34. The van der Waals surface area contributed by atoms with Gasteiger partial charge < -0.3 is 15.5 Å². The minimum absolute atomic E-state index is 0.162. The van der Waals surface area contributed by atoms with E-state index in [-0.39, 0.29) is 11.9 Å². The lowest BCUT2D eigenvalue weighted by atomic mass is 10.2. The number of hydrogen-bond acceptors (Lipinski definition) is 3. The molecule has 1 saturated heterocycles. The quantitative estimate of drug-likeness (QED) is 0.847. The first-order chi connectivity index (χ1) is 11.7. The number of benzene rings is 1. The fourth-order valence-electron chi connectivity index (χ4n) is 2.71. The van der Waals surface area contributed by atoms with Crippen molar-refractivity contribution in [2.24, 2.45) is 0 Å². The number of rotatable bonds is 6. The molecule has 0 aliphatic carbocycles. The molecule has 2 aromatic rings. The van der Waals surface area contributed by atoms with Gasteiger partial charge in [0.1, 0.15) is 0 Å². The van der Waals surface area contributed by atoms with Crippen molar-refractivity contribution in [3.63, 3.8) is 0 Å². The van der Waals surface area contributed by atoms with E-state index >= 15 is 0 Å². The van der Waals surface area contributed by atoms with Gasteiger partial charge in [0.15, 0.2) is 0 Å². The molecule has 126 valence electrons. The maximum atomic E-state index is 11.8. The third-order valence-electron chi connectivity index (χ3n) is 4.01. The number of anilines is 1. The van der Waals surface area contributed by atoms with Crippen molar-refractivity contribution >= 4 is 29.0 Å². The molecule has 1 fully saturated rings. The molecule has 5 nitrogen and oxygen atoms in total. The van der Waals surface area contributed by atoms with E-state index in [2.05, 4.69) is 16.7 Å². The van der Waals surface area contributed by atoms with E-state index in [1.165, 1.54) is 4.88 Å². The molecule has 24 heavy (non-hydrogen) atoms. The Bertz CT molecular complexity index is 683. The topological polar surface area (TPSA) is 61.4 Å². The molecule has 0 radical (unpaired) electrons. The Kier molecular flexibility index (Phi) is 5.48. The van der Waals surface area contributed by atoms with Crippen molar-refractivity contribution < 1.29 is 9.59 Å². The maximum Gasteiger partial charge on any atom is 0.315 e. The molecule has 2 heterocycles. The van der Waals surface area contributed by atoms with Gasteiger partial charge in [-0.1, -0.05) is 18.2 Å². The second-order valence-corrected chi connectivity index (χ2v) is 6.79. The van der Waals surface area contributed by atoms with E-state index in [0.29, 0.717) is 19.5 Å². The zero-order valence-corrected chi connectivity index (χ0v) is 14.3. The average Bonchev–Trinajstić information content (AvgIpc) is 3.25. The Balaban J connectivity index is 1.41. The summed E-state index contributed by atoms with van der Waals surface area (Å²) in [6.07, 6.45) is 2.41. The van der Waals surface area contributed by atoms with Crippen LogP contribution in [-0.4, -0.2) is 25.0 Å².